The molecule has 9 heteroatoms. The van der Waals surface area contributed by atoms with Crippen LogP contribution in [0.25, 0.3) is 0 Å². The van der Waals surface area contributed by atoms with E-state index in [1.165, 1.54) is 7.11 Å². The van der Waals surface area contributed by atoms with Crippen molar-refractivity contribution in [3.63, 3.8) is 0 Å². The van der Waals surface area contributed by atoms with Crippen LogP contribution in [0.2, 0.25) is 0 Å². The molecule has 4 fully saturated rings. The lowest BCUT2D eigenvalue weighted by Crippen LogP contribution is -2.65. The fraction of sp³-hybridized carbons (Fsp3) is 0.714. The van der Waals surface area contributed by atoms with Crippen molar-refractivity contribution >= 4 is 19.2 Å². The van der Waals surface area contributed by atoms with E-state index in [2.05, 4.69) is 20.8 Å². The molecular weight excluding hydrogens is 475 g/mol. The number of ether oxygens (including phenoxy) is 4. The summed E-state index contributed by atoms with van der Waals surface area (Å²) in [6.07, 6.45) is 3.11. The second-order valence-corrected chi connectivity index (χ2v) is 12.3. The first-order valence-corrected chi connectivity index (χ1v) is 13.4. The van der Waals surface area contributed by atoms with Crippen LogP contribution in [0.5, 0.6) is 11.5 Å². The Balaban J connectivity index is 1.63. The third-order valence-corrected chi connectivity index (χ3v) is 8.32. The highest BCUT2D eigenvalue weighted by Crippen LogP contribution is 2.65. The quantitative estimate of drug-likeness (QED) is 0.186. The fourth-order valence-electron chi connectivity index (χ4n) is 6.20. The number of unbranched alkanes of at least 4 members (excludes halogenated alkanes) is 1. The Morgan fingerprint density at radius 1 is 1.16 bits per heavy atom. The molecule has 5 rings (SSSR count). The average molecular weight is 516 g/mol. The number of methoxy groups -OCH3 is 1. The predicted octanol–water partition coefficient (Wildman–Crippen LogP) is 5.78. The van der Waals surface area contributed by atoms with Crippen LogP contribution in [-0.2, 0) is 25.1 Å². The summed E-state index contributed by atoms with van der Waals surface area (Å²) in [6, 6.07) is 3.44. The van der Waals surface area contributed by atoms with Crippen LogP contribution in [0.4, 0.5) is 4.79 Å². The van der Waals surface area contributed by atoms with E-state index in [9.17, 15) is 9.59 Å². The van der Waals surface area contributed by atoms with Crippen molar-refractivity contribution in [2.45, 2.75) is 97.8 Å². The standard InChI is InChI=1S/C28H41BO8/c1-9-10-13-33-24(30)22-19(32-8)12-11-17(23(22)34-25(31)35-26(2,3)4)16-29-36-21-15-18-14-20(27(18,5)6)28(21,7)37-29/h11-12,18,20-21H,9-10,13-16H2,1-8H3/t18?,20?,21?,28-/m0/s1. The highest BCUT2D eigenvalue weighted by atomic mass is 16.7. The molecule has 0 aromatic heterocycles. The average Bonchev–Trinajstić information content (AvgIpc) is 3.14. The number of benzene rings is 1. The third-order valence-electron chi connectivity index (χ3n) is 8.32. The molecule has 8 nitrogen and oxygen atoms in total. The maximum atomic E-state index is 13.2. The Bertz CT molecular complexity index is 1030. The summed E-state index contributed by atoms with van der Waals surface area (Å²) in [5.74, 6) is 0.732. The summed E-state index contributed by atoms with van der Waals surface area (Å²) < 4.78 is 35.0. The van der Waals surface area contributed by atoms with Gasteiger partial charge in [0.1, 0.15) is 16.9 Å². The minimum Gasteiger partial charge on any atom is -0.496 e. The zero-order valence-corrected chi connectivity index (χ0v) is 23.5. The molecular formula is C28H41BO8. The molecule has 0 spiro atoms. The van der Waals surface area contributed by atoms with Gasteiger partial charge in [0.2, 0.25) is 0 Å². The van der Waals surface area contributed by atoms with E-state index < -0.39 is 24.8 Å². The summed E-state index contributed by atoms with van der Waals surface area (Å²) in [5, 5.41) is 0. The molecule has 1 aromatic rings. The molecule has 37 heavy (non-hydrogen) atoms. The van der Waals surface area contributed by atoms with E-state index in [1.54, 1.807) is 32.9 Å². The Hall–Kier alpha value is -2.26. The Kier molecular flexibility index (Phi) is 7.61. The molecule has 4 atom stereocenters. The molecule has 4 aliphatic rings. The highest BCUT2D eigenvalue weighted by Gasteiger charge is 2.67. The Labute approximate surface area is 220 Å². The van der Waals surface area contributed by atoms with Crippen LogP contribution < -0.4 is 9.47 Å². The molecule has 0 radical (unpaired) electrons. The van der Waals surface area contributed by atoms with Crippen LogP contribution in [-0.4, -0.2) is 50.3 Å². The largest absolute Gasteiger partial charge is 0.514 e. The molecule has 1 aliphatic heterocycles. The summed E-state index contributed by atoms with van der Waals surface area (Å²) >= 11 is 0. The maximum Gasteiger partial charge on any atom is 0.514 e. The number of carbonyl (C=O) groups excluding carboxylic acids is 2. The molecule has 1 heterocycles. The van der Waals surface area contributed by atoms with Crippen LogP contribution in [0.1, 0.15) is 90.1 Å². The number of carbonyl (C=O) groups is 2. The van der Waals surface area contributed by atoms with Gasteiger partial charge < -0.3 is 28.3 Å². The number of hydrogen-bond donors (Lipinski definition) is 0. The summed E-state index contributed by atoms with van der Waals surface area (Å²) in [5.41, 5.74) is -0.291. The van der Waals surface area contributed by atoms with Crippen molar-refractivity contribution in [1.82, 2.24) is 0 Å². The maximum absolute atomic E-state index is 13.2. The molecule has 1 saturated heterocycles. The Morgan fingerprint density at radius 3 is 2.51 bits per heavy atom. The van der Waals surface area contributed by atoms with Gasteiger partial charge >= 0.3 is 19.2 Å². The summed E-state index contributed by atoms with van der Waals surface area (Å²) in [4.78, 5) is 25.9. The fourth-order valence-corrected chi connectivity index (χ4v) is 6.20. The molecule has 3 aliphatic carbocycles. The van der Waals surface area contributed by atoms with Crippen molar-refractivity contribution in [2.24, 2.45) is 17.3 Å². The summed E-state index contributed by atoms with van der Waals surface area (Å²) in [7, 11) is 0.918. The summed E-state index contributed by atoms with van der Waals surface area (Å²) in [6.45, 7) is 14.3. The second kappa shape index (κ2) is 10.1. The zero-order valence-electron chi connectivity index (χ0n) is 23.5. The molecule has 1 aromatic carbocycles. The van der Waals surface area contributed by atoms with Crippen molar-refractivity contribution in [3.8, 4) is 11.5 Å². The van der Waals surface area contributed by atoms with E-state index in [-0.39, 0.29) is 40.8 Å². The van der Waals surface area contributed by atoms with E-state index in [0.717, 1.165) is 25.7 Å². The van der Waals surface area contributed by atoms with Gasteiger partial charge in [-0.1, -0.05) is 33.3 Å². The molecule has 3 unspecified atom stereocenters. The lowest BCUT2D eigenvalue weighted by Gasteiger charge is -2.64. The number of rotatable bonds is 8. The van der Waals surface area contributed by atoms with Gasteiger partial charge in [0.05, 0.1) is 25.4 Å². The smallest absolute Gasteiger partial charge is 0.496 e. The SMILES string of the molecule is CCCCOC(=O)c1c(OC)ccc(CB2OC3CC4CC(C4(C)C)[C@]3(C)O2)c1OC(=O)OC(C)(C)C. The van der Waals surface area contributed by atoms with Gasteiger partial charge in [-0.15, -0.1) is 0 Å². The van der Waals surface area contributed by atoms with Gasteiger partial charge in [-0.05, 0) is 75.8 Å². The number of esters is 1. The molecule has 204 valence electrons. The number of hydrogen-bond acceptors (Lipinski definition) is 8. The zero-order chi connectivity index (χ0) is 27.2. The van der Waals surface area contributed by atoms with E-state index >= 15 is 0 Å². The minimum absolute atomic E-state index is 0.0150. The molecule has 2 bridgehead atoms. The van der Waals surface area contributed by atoms with Crippen LogP contribution in [0.3, 0.4) is 0 Å². The van der Waals surface area contributed by atoms with Gasteiger partial charge in [-0.3, -0.25) is 0 Å². The van der Waals surface area contributed by atoms with Gasteiger partial charge in [-0.25, -0.2) is 9.59 Å². The lowest BCUT2D eigenvalue weighted by atomic mass is 9.43. The van der Waals surface area contributed by atoms with E-state index in [4.69, 9.17) is 28.3 Å². The minimum atomic E-state index is -0.916. The van der Waals surface area contributed by atoms with Gasteiger partial charge in [-0.2, -0.15) is 0 Å². The van der Waals surface area contributed by atoms with Gasteiger partial charge in [0.25, 0.3) is 0 Å². The van der Waals surface area contributed by atoms with Crippen molar-refractivity contribution < 1.29 is 37.8 Å². The lowest BCUT2D eigenvalue weighted by molar-refractivity contribution is -0.199. The first kappa shape index (κ1) is 27.8. The van der Waals surface area contributed by atoms with Crippen molar-refractivity contribution in [1.29, 1.82) is 0 Å². The van der Waals surface area contributed by atoms with Crippen molar-refractivity contribution in [3.05, 3.63) is 23.3 Å². The van der Waals surface area contributed by atoms with Crippen LogP contribution >= 0.6 is 0 Å². The first-order chi connectivity index (χ1) is 17.3. The normalized spacial score (nSPS) is 27.7. The monoisotopic (exact) mass is 516 g/mol. The van der Waals surface area contributed by atoms with Crippen LogP contribution in [0.15, 0.2) is 12.1 Å². The van der Waals surface area contributed by atoms with Crippen LogP contribution in [0, 0.1) is 17.3 Å². The third kappa shape index (κ3) is 5.35. The van der Waals surface area contributed by atoms with Gasteiger partial charge in [0, 0.05) is 6.32 Å². The highest BCUT2D eigenvalue weighted by molar-refractivity contribution is 6.45. The molecule has 0 N–H and O–H groups in total. The van der Waals surface area contributed by atoms with E-state index in [0.29, 0.717) is 23.7 Å². The van der Waals surface area contributed by atoms with Crippen molar-refractivity contribution in [2.75, 3.05) is 13.7 Å². The van der Waals surface area contributed by atoms with Gasteiger partial charge in [0.15, 0.2) is 5.75 Å². The predicted molar refractivity (Wildman–Crippen MR) is 139 cm³/mol. The Morgan fingerprint density at radius 2 is 1.89 bits per heavy atom. The first-order valence-electron chi connectivity index (χ1n) is 13.4. The molecule has 3 saturated carbocycles. The topological polar surface area (TPSA) is 89.5 Å². The second-order valence-electron chi connectivity index (χ2n) is 12.3. The van der Waals surface area contributed by atoms with E-state index in [1.807, 2.05) is 6.92 Å². The molecule has 0 amide bonds.